The summed E-state index contributed by atoms with van der Waals surface area (Å²) in [5.41, 5.74) is 0.225. The molecule has 2 aliphatic rings. The Kier molecular flexibility index (Phi) is 1.46. The quantitative estimate of drug-likeness (QED) is 0.586. The van der Waals surface area contributed by atoms with Gasteiger partial charge >= 0.3 is 0 Å². The molecular weight excluding hydrogens is 126 g/mol. The fraction of sp³-hybridized carbons (Fsp3) is 1.00. The molecule has 2 atom stereocenters. The molecule has 2 saturated heterocycles. The number of ether oxygens (including phenoxy) is 1. The van der Waals surface area contributed by atoms with Crippen molar-refractivity contribution in [3.63, 3.8) is 0 Å². The zero-order chi connectivity index (χ0) is 7.03. The van der Waals surface area contributed by atoms with E-state index in [4.69, 9.17) is 4.74 Å². The predicted octanol–water partition coefficient (Wildman–Crippen LogP) is 0.917. The van der Waals surface area contributed by atoms with Crippen molar-refractivity contribution in [3.05, 3.63) is 0 Å². The van der Waals surface area contributed by atoms with Gasteiger partial charge in [-0.05, 0) is 19.3 Å². The van der Waals surface area contributed by atoms with Gasteiger partial charge in [0.25, 0.3) is 0 Å². The zero-order valence-corrected chi connectivity index (χ0v) is 6.52. The predicted molar refractivity (Wildman–Crippen MR) is 40.0 cm³/mol. The van der Waals surface area contributed by atoms with E-state index in [1.165, 1.54) is 12.8 Å². The Morgan fingerprint density at radius 1 is 1.70 bits per heavy atom. The average molecular weight is 141 g/mol. The van der Waals surface area contributed by atoms with Gasteiger partial charge in [0, 0.05) is 13.1 Å². The highest BCUT2D eigenvalue weighted by atomic mass is 16.5. The van der Waals surface area contributed by atoms with Crippen LogP contribution in [-0.2, 0) is 4.74 Å². The van der Waals surface area contributed by atoms with E-state index in [0.29, 0.717) is 6.10 Å². The minimum Gasteiger partial charge on any atom is -0.369 e. The number of morpholine rings is 1. The van der Waals surface area contributed by atoms with Gasteiger partial charge in [-0.25, -0.2) is 0 Å². The molecule has 0 saturated carbocycles. The first kappa shape index (κ1) is 6.62. The van der Waals surface area contributed by atoms with Crippen LogP contribution in [0, 0.1) is 0 Å². The van der Waals surface area contributed by atoms with Crippen LogP contribution in [-0.4, -0.2) is 24.8 Å². The largest absolute Gasteiger partial charge is 0.369 e. The fourth-order valence-corrected chi connectivity index (χ4v) is 2.02. The average Bonchev–Trinajstić information content (AvgIpc) is 2.29. The third-order valence-corrected chi connectivity index (χ3v) is 2.80. The summed E-state index contributed by atoms with van der Waals surface area (Å²) in [6.07, 6.45) is 4.21. The maximum absolute atomic E-state index is 5.87. The normalized spacial score (nSPS) is 45.9. The Morgan fingerprint density at radius 3 is 3.30 bits per heavy atom. The topological polar surface area (TPSA) is 21.3 Å². The minimum atomic E-state index is 0.225. The molecule has 0 aromatic carbocycles. The van der Waals surface area contributed by atoms with Gasteiger partial charge in [0.15, 0.2) is 0 Å². The van der Waals surface area contributed by atoms with Gasteiger partial charge in [0.2, 0.25) is 0 Å². The summed E-state index contributed by atoms with van der Waals surface area (Å²) >= 11 is 0. The molecule has 0 radical (unpaired) electrons. The van der Waals surface area contributed by atoms with Crippen LogP contribution < -0.4 is 5.32 Å². The van der Waals surface area contributed by atoms with Crippen molar-refractivity contribution < 1.29 is 4.74 Å². The van der Waals surface area contributed by atoms with E-state index < -0.39 is 0 Å². The van der Waals surface area contributed by atoms with Crippen molar-refractivity contribution in [1.29, 1.82) is 0 Å². The monoisotopic (exact) mass is 141 g/mol. The third kappa shape index (κ3) is 0.867. The van der Waals surface area contributed by atoms with Crippen LogP contribution in [0.3, 0.4) is 0 Å². The molecule has 58 valence electrons. The molecule has 2 heterocycles. The highest BCUT2D eigenvalue weighted by Gasteiger charge is 2.41. The molecule has 0 aromatic heterocycles. The van der Waals surface area contributed by atoms with Gasteiger partial charge in [-0.15, -0.1) is 0 Å². The molecular formula is C8H15NO. The second-order valence-electron chi connectivity index (χ2n) is 3.45. The van der Waals surface area contributed by atoms with Crippen LogP contribution in [0.1, 0.15) is 26.2 Å². The summed E-state index contributed by atoms with van der Waals surface area (Å²) in [7, 11) is 0. The van der Waals surface area contributed by atoms with Crippen molar-refractivity contribution in [3.8, 4) is 0 Å². The van der Waals surface area contributed by atoms with E-state index in [1.54, 1.807) is 0 Å². The van der Waals surface area contributed by atoms with E-state index in [1.807, 2.05) is 0 Å². The standard InChI is InChI=1S/C8H15NO/c1-2-8-4-3-7(10-8)5-9-6-8/h7,9H,2-6H2,1H3. The summed E-state index contributed by atoms with van der Waals surface area (Å²) in [4.78, 5) is 0. The van der Waals surface area contributed by atoms with Crippen LogP contribution in [0.2, 0.25) is 0 Å². The summed E-state index contributed by atoms with van der Waals surface area (Å²) in [5.74, 6) is 0. The Morgan fingerprint density at radius 2 is 2.60 bits per heavy atom. The minimum absolute atomic E-state index is 0.225. The van der Waals surface area contributed by atoms with Crippen LogP contribution in [0.25, 0.3) is 0 Å². The van der Waals surface area contributed by atoms with Crippen molar-refractivity contribution in [2.75, 3.05) is 13.1 Å². The molecule has 10 heavy (non-hydrogen) atoms. The summed E-state index contributed by atoms with van der Waals surface area (Å²) in [5, 5.41) is 3.41. The molecule has 0 spiro atoms. The van der Waals surface area contributed by atoms with Crippen molar-refractivity contribution in [2.45, 2.75) is 37.9 Å². The number of hydrogen-bond acceptors (Lipinski definition) is 2. The molecule has 2 nitrogen and oxygen atoms in total. The summed E-state index contributed by atoms with van der Waals surface area (Å²) in [6, 6.07) is 0. The van der Waals surface area contributed by atoms with E-state index in [-0.39, 0.29) is 5.60 Å². The number of fused-ring (bicyclic) bond motifs is 2. The van der Waals surface area contributed by atoms with Crippen LogP contribution in [0.5, 0.6) is 0 Å². The summed E-state index contributed by atoms with van der Waals surface area (Å²) < 4.78 is 5.87. The second-order valence-corrected chi connectivity index (χ2v) is 3.45. The zero-order valence-electron chi connectivity index (χ0n) is 6.52. The Labute approximate surface area is 61.9 Å². The number of rotatable bonds is 1. The number of hydrogen-bond donors (Lipinski definition) is 1. The SMILES string of the molecule is CCC12CCC(CNC1)O2. The second kappa shape index (κ2) is 2.21. The maximum atomic E-state index is 5.87. The van der Waals surface area contributed by atoms with Crippen LogP contribution in [0.4, 0.5) is 0 Å². The third-order valence-electron chi connectivity index (χ3n) is 2.80. The molecule has 0 aromatic rings. The lowest BCUT2D eigenvalue weighted by atomic mass is 9.97. The van der Waals surface area contributed by atoms with E-state index in [0.717, 1.165) is 19.5 Å². The first-order valence-electron chi connectivity index (χ1n) is 4.23. The molecule has 2 unspecified atom stereocenters. The van der Waals surface area contributed by atoms with Gasteiger partial charge in [0.1, 0.15) is 0 Å². The molecule has 0 aliphatic carbocycles. The lowest BCUT2D eigenvalue weighted by Crippen LogP contribution is -2.47. The highest BCUT2D eigenvalue weighted by Crippen LogP contribution is 2.34. The van der Waals surface area contributed by atoms with E-state index in [9.17, 15) is 0 Å². The fourth-order valence-electron chi connectivity index (χ4n) is 2.02. The van der Waals surface area contributed by atoms with E-state index >= 15 is 0 Å². The van der Waals surface area contributed by atoms with Gasteiger partial charge < -0.3 is 10.1 Å². The van der Waals surface area contributed by atoms with Gasteiger partial charge in [-0.2, -0.15) is 0 Å². The Hall–Kier alpha value is -0.0800. The van der Waals surface area contributed by atoms with Crippen molar-refractivity contribution in [1.82, 2.24) is 5.32 Å². The van der Waals surface area contributed by atoms with Gasteiger partial charge in [-0.3, -0.25) is 0 Å². The van der Waals surface area contributed by atoms with Crippen molar-refractivity contribution in [2.24, 2.45) is 0 Å². The van der Waals surface area contributed by atoms with Crippen LogP contribution >= 0.6 is 0 Å². The highest BCUT2D eigenvalue weighted by molar-refractivity contribution is 4.94. The molecule has 2 fully saturated rings. The lowest BCUT2D eigenvalue weighted by molar-refractivity contribution is -0.0657. The first-order valence-corrected chi connectivity index (χ1v) is 4.23. The van der Waals surface area contributed by atoms with Crippen molar-refractivity contribution >= 4 is 0 Å². The number of nitrogens with one attached hydrogen (secondary N) is 1. The van der Waals surface area contributed by atoms with E-state index in [2.05, 4.69) is 12.2 Å². The summed E-state index contributed by atoms with van der Waals surface area (Å²) in [6.45, 7) is 4.36. The van der Waals surface area contributed by atoms with Crippen LogP contribution in [0.15, 0.2) is 0 Å². The molecule has 2 aliphatic heterocycles. The smallest absolute Gasteiger partial charge is 0.0809 e. The molecule has 2 rings (SSSR count). The maximum Gasteiger partial charge on any atom is 0.0809 e. The molecule has 1 N–H and O–H groups in total. The molecule has 0 amide bonds. The molecule has 2 bridgehead atoms. The molecule has 2 heteroatoms. The Bertz CT molecular complexity index is 133. The first-order chi connectivity index (χ1) is 4.85. The van der Waals surface area contributed by atoms with Gasteiger partial charge in [0.05, 0.1) is 11.7 Å². The lowest BCUT2D eigenvalue weighted by Gasteiger charge is -2.33. The van der Waals surface area contributed by atoms with Gasteiger partial charge in [-0.1, -0.05) is 6.92 Å². The Balaban J connectivity index is 2.10.